The fraction of sp³-hybridized carbons (Fsp3) is 0.955. The summed E-state index contributed by atoms with van der Waals surface area (Å²) >= 11 is 0. The maximum Gasteiger partial charge on any atom is 0.303 e. The van der Waals surface area contributed by atoms with Crippen molar-refractivity contribution in [3.05, 3.63) is 0 Å². The van der Waals surface area contributed by atoms with Gasteiger partial charge in [-0.1, -0.05) is 130 Å². The predicted octanol–water partition coefficient (Wildman–Crippen LogP) is 10.6. The summed E-state index contributed by atoms with van der Waals surface area (Å²) in [5, 5.41) is 36.2. The summed E-state index contributed by atoms with van der Waals surface area (Å²) in [6.45, 7) is 9.13. The fourth-order valence-corrected chi connectivity index (χ4v) is 12.1. The first kappa shape index (κ1) is 41.6. The lowest BCUT2D eigenvalue weighted by atomic mass is 9.43. The zero-order chi connectivity index (χ0) is 36.1. The molecule has 11 atom stereocenters. The number of carboxylic acid groups (broad SMARTS) is 1. The molecule has 7 unspecified atom stereocenters. The van der Waals surface area contributed by atoms with Crippen LogP contribution in [0.15, 0.2) is 0 Å². The van der Waals surface area contributed by atoms with Gasteiger partial charge in [-0.25, -0.2) is 0 Å². The van der Waals surface area contributed by atoms with Gasteiger partial charge in [0, 0.05) is 18.9 Å². The molecule has 50 heavy (non-hydrogen) atoms. The van der Waals surface area contributed by atoms with Crippen LogP contribution in [0.25, 0.3) is 0 Å². The minimum absolute atomic E-state index is 0.0774. The van der Waals surface area contributed by atoms with E-state index in [9.17, 15) is 24.9 Å². The van der Waals surface area contributed by atoms with Crippen LogP contribution in [0.4, 0.5) is 0 Å². The molecular formula is C44H79NO5. The highest BCUT2D eigenvalue weighted by Gasteiger charge is 2.65. The number of aliphatic hydroxyl groups excluding tert-OH is 2. The molecule has 0 bridgehead atoms. The highest BCUT2D eigenvalue weighted by molar-refractivity contribution is 5.76. The molecule has 0 aromatic rings. The van der Waals surface area contributed by atoms with Crippen molar-refractivity contribution in [1.29, 1.82) is 0 Å². The van der Waals surface area contributed by atoms with Crippen molar-refractivity contribution in [3.63, 3.8) is 0 Å². The molecular weight excluding hydrogens is 622 g/mol. The van der Waals surface area contributed by atoms with Crippen molar-refractivity contribution in [2.45, 2.75) is 219 Å². The second-order valence-corrected chi connectivity index (χ2v) is 18.5. The summed E-state index contributed by atoms with van der Waals surface area (Å²) in [6, 6.07) is 0.194. The van der Waals surface area contributed by atoms with Gasteiger partial charge in [-0.3, -0.25) is 9.59 Å². The monoisotopic (exact) mass is 702 g/mol. The molecule has 0 heterocycles. The van der Waals surface area contributed by atoms with Crippen LogP contribution in [-0.2, 0) is 9.59 Å². The van der Waals surface area contributed by atoms with Gasteiger partial charge in [0.2, 0.25) is 5.91 Å². The summed E-state index contributed by atoms with van der Waals surface area (Å²) in [5.41, 5.74) is -0.186. The minimum atomic E-state index is -0.746. The third kappa shape index (κ3) is 10.7. The van der Waals surface area contributed by atoms with Gasteiger partial charge in [-0.2, -0.15) is 0 Å². The molecule has 4 aliphatic carbocycles. The number of nitrogens with one attached hydrogen (secondary N) is 1. The van der Waals surface area contributed by atoms with Gasteiger partial charge in [0.15, 0.2) is 0 Å². The minimum Gasteiger partial charge on any atom is -0.481 e. The Bertz CT molecular complexity index is 1020. The van der Waals surface area contributed by atoms with Crippen molar-refractivity contribution in [2.75, 3.05) is 0 Å². The summed E-state index contributed by atoms with van der Waals surface area (Å²) < 4.78 is 0. The zero-order valence-corrected chi connectivity index (χ0v) is 32.9. The van der Waals surface area contributed by atoms with Crippen molar-refractivity contribution in [3.8, 4) is 0 Å². The topological polar surface area (TPSA) is 107 Å². The number of fused-ring (bicyclic) bond motifs is 5. The van der Waals surface area contributed by atoms with E-state index < -0.39 is 12.1 Å². The second-order valence-electron chi connectivity index (χ2n) is 18.5. The molecule has 4 aliphatic rings. The molecule has 0 radical (unpaired) electrons. The second kappa shape index (κ2) is 20.4. The van der Waals surface area contributed by atoms with E-state index in [1.807, 2.05) is 0 Å². The van der Waals surface area contributed by atoms with Gasteiger partial charge < -0.3 is 20.6 Å². The average molecular weight is 702 g/mol. The summed E-state index contributed by atoms with van der Waals surface area (Å²) in [6.07, 6.45) is 30.1. The Morgan fingerprint density at radius 1 is 0.720 bits per heavy atom. The normalized spacial score (nSPS) is 35.6. The first-order chi connectivity index (χ1) is 24.0. The Hall–Kier alpha value is -1.14. The van der Waals surface area contributed by atoms with E-state index in [0.717, 1.165) is 57.8 Å². The molecule has 0 aromatic carbocycles. The van der Waals surface area contributed by atoms with Crippen LogP contribution >= 0.6 is 0 Å². The number of amides is 1. The van der Waals surface area contributed by atoms with E-state index in [0.29, 0.717) is 30.6 Å². The first-order valence-electron chi connectivity index (χ1n) is 21.9. The molecule has 290 valence electrons. The fourth-order valence-electron chi connectivity index (χ4n) is 12.1. The van der Waals surface area contributed by atoms with Crippen LogP contribution in [0.1, 0.15) is 201 Å². The summed E-state index contributed by atoms with van der Waals surface area (Å²) in [4.78, 5) is 24.2. The maximum absolute atomic E-state index is 13.0. The van der Waals surface area contributed by atoms with E-state index >= 15 is 0 Å². The number of hydrogen-bond donors (Lipinski definition) is 4. The van der Waals surface area contributed by atoms with Crippen molar-refractivity contribution in [2.24, 2.45) is 46.3 Å². The smallest absolute Gasteiger partial charge is 0.303 e. The molecule has 4 fully saturated rings. The van der Waals surface area contributed by atoms with Crippen LogP contribution in [0, 0.1) is 46.3 Å². The van der Waals surface area contributed by atoms with E-state index in [4.69, 9.17) is 0 Å². The highest BCUT2D eigenvalue weighted by Crippen LogP contribution is 2.68. The van der Waals surface area contributed by atoms with Gasteiger partial charge in [0.1, 0.15) is 0 Å². The Morgan fingerprint density at radius 2 is 1.28 bits per heavy atom. The number of rotatable bonds is 23. The van der Waals surface area contributed by atoms with E-state index in [1.165, 1.54) is 96.3 Å². The average Bonchev–Trinajstić information content (AvgIpc) is 3.44. The van der Waals surface area contributed by atoms with E-state index in [2.05, 4.69) is 33.0 Å². The Labute approximate surface area is 307 Å². The largest absolute Gasteiger partial charge is 0.481 e. The number of aliphatic hydroxyl groups is 2. The number of hydrogen-bond acceptors (Lipinski definition) is 4. The van der Waals surface area contributed by atoms with Crippen molar-refractivity contribution < 1.29 is 24.9 Å². The highest BCUT2D eigenvalue weighted by atomic mass is 16.4. The first-order valence-corrected chi connectivity index (χ1v) is 21.9. The Balaban J connectivity index is 1.10. The molecule has 6 nitrogen and oxygen atoms in total. The van der Waals surface area contributed by atoms with Crippen LogP contribution in [0.2, 0.25) is 0 Å². The van der Waals surface area contributed by atoms with Crippen LogP contribution in [0.5, 0.6) is 0 Å². The molecule has 6 heteroatoms. The van der Waals surface area contributed by atoms with Crippen molar-refractivity contribution >= 4 is 11.9 Å². The number of carbonyl (C=O) groups is 2. The van der Waals surface area contributed by atoms with Gasteiger partial charge in [0.25, 0.3) is 0 Å². The lowest BCUT2D eigenvalue weighted by Crippen LogP contribution is -2.63. The molecule has 4 N–H and O–H groups in total. The number of unbranched alkanes of at least 4 members (excludes halogenated alkanes) is 16. The maximum atomic E-state index is 13.0. The third-order valence-electron chi connectivity index (χ3n) is 15.2. The molecule has 4 rings (SSSR count). The van der Waals surface area contributed by atoms with Gasteiger partial charge >= 0.3 is 5.97 Å². The molecule has 0 aliphatic heterocycles. The summed E-state index contributed by atoms with van der Waals surface area (Å²) in [7, 11) is 0. The van der Waals surface area contributed by atoms with E-state index in [1.54, 1.807) is 0 Å². The molecule has 1 amide bonds. The summed E-state index contributed by atoms with van der Waals surface area (Å²) in [5.74, 6) is 1.14. The Morgan fingerprint density at radius 3 is 1.84 bits per heavy atom. The lowest BCUT2D eigenvalue weighted by Gasteiger charge is -2.63. The molecule has 4 saturated carbocycles. The van der Waals surface area contributed by atoms with Gasteiger partial charge in [-0.15, -0.1) is 0 Å². The number of carboxylic acids is 1. The predicted molar refractivity (Wildman–Crippen MR) is 205 cm³/mol. The zero-order valence-electron chi connectivity index (χ0n) is 32.9. The third-order valence-corrected chi connectivity index (χ3v) is 15.2. The van der Waals surface area contributed by atoms with E-state index in [-0.39, 0.29) is 53.1 Å². The van der Waals surface area contributed by atoms with Crippen LogP contribution in [-0.4, -0.2) is 45.4 Å². The molecule has 0 aromatic heterocycles. The standard InChI is InChI=1S/C44H79NO5/c1-5-6-7-8-9-10-11-12-13-14-15-16-17-18-19-20-21-22-40(48)45-34-27-28-43(3)33(29-34)30-38(46)42-36-25-24-35(32(2)23-26-41(49)50)44(36,4)39(47)31-37(42)43/h32-39,42,46-47H,5-31H2,1-4H3,(H,45,48)(H,49,50)/t32-,33?,34-,35?,36?,37?,38-,39+,42?,43?,44?/m1/s1. The molecule has 0 saturated heterocycles. The quantitative estimate of drug-likeness (QED) is 0.0794. The van der Waals surface area contributed by atoms with Gasteiger partial charge in [-0.05, 0) is 104 Å². The van der Waals surface area contributed by atoms with Crippen LogP contribution in [0.3, 0.4) is 0 Å². The SMILES string of the molecule is CCCCCCCCCCCCCCCCCCCC(=O)N[C@@H]1CCC2(C)C(C1)C[C@@H](O)C1C2C[C@H](O)C2(C)C1CCC2[C@H](C)CCC(=O)O. The van der Waals surface area contributed by atoms with Crippen molar-refractivity contribution in [1.82, 2.24) is 5.32 Å². The van der Waals surface area contributed by atoms with Crippen LogP contribution < -0.4 is 5.32 Å². The Kier molecular flexibility index (Phi) is 16.9. The number of aliphatic carboxylic acids is 1. The number of carbonyl (C=O) groups excluding carboxylic acids is 1. The van der Waals surface area contributed by atoms with Gasteiger partial charge in [0.05, 0.1) is 12.2 Å². The molecule has 0 spiro atoms. The lowest BCUT2D eigenvalue weighted by molar-refractivity contribution is -0.202.